The fourth-order valence-electron chi connectivity index (χ4n) is 3.11. The number of para-hydroxylation sites is 1. The van der Waals surface area contributed by atoms with Crippen molar-refractivity contribution in [2.45, 2.75) is 66.0 Å². The van der Waals surface area contributed by atoms with Crippen LogP contribution in [0.3, 0.4) is 0 Å². The van der Waals surface area contributed by atoms with Gasteiger partial charge in [0.15, 0.2) is 0 Å². The van der Waals surface area contributed by atoms with E-state index in [2.05, 4.69) is 45.6 Å². The van der Waals surface area contributed by atoms with Gasteiger partial charge in [-0.25, -0.2) is 0 Å². The Hall–Kier alpha value is -1.02. The smallest absolute Gasteiger partial charge is 0.120 e. The fourth-order valence-corrected chi connectivity index (χ4v) is 3.11. The topological polar surface area (TPSA) is 23.5 Å². The Balaban J connectivity index is 3.10. The summed E-state index contributed by atoms with van der Waals surface area (Å²) in [5.74, 6) is 1.06. The van der Waals surface area contributed by atoms with Crippen LogP contribution in [-0.4, -0.2) is 22.6 Å². The zero-order valence-corrected chi connectivity index (χ0v) is 13.8. The number of rotatable bonds is 8. The summed E-state index contributed by atoms with van der Waals surface area (Å²) < 4.78 is 0. The molecule has 0 fully saturated rings. The molecule has 0 radical (unpaired) electrons. The second kappa shape index (κ2) is 8.31. The van der Waals surface area contributed by atoms with Gasteiger partial charge in [0.2, 0.25) is 0 Å². The average molecular weight is 277 g/mol. The molecule has 0 heterocycles. The first kappa shape index (κ1) is 17.0. The summed E-state index contributed by atoms with van der Waals surface area (Å²) in [6, 6.07) is 8.69. The molecule has 1 unspecified atom stereocenters. The molecular formula is C18H31NO. The van der Waals surface area contributed by atoms with Gasteiger partial charge in [-0.15, -0.1) is 0 Å². The summed E-state index contributed by atoms with van der Waals surface area (Å²) >= 11 is 0. The highest BCUT2D eigenvalue weighted by molar-refractivity contribution is 5.34. The second-order valence-corrected chi connectivity index (χ2v) is 6.04. The van der Waals surface area contributed by atoms with Crippen LogP contribution in [0.25, 0.3) is 0 Å². The number of benzene rings is 1. The third-order valence-electron chi connectivity index (χ3n) is 4.07. The third-order valence-corrected chi connectivity index (χ3v) is 4.07. The molecule has 0 aliphatic carbocycles. The molecular weight excluding hydrogens is 246 g/mol. The van der Waals surface area contributed by atoms with Gasteiger partial charge in [0, 0.05) is 24.2 Å². The lowest BCUT2D eigenvalue weighted by molar-refractivity contribution is 0.104. The van der Waals surface area contributed by atoms with Crippen molar-refractivity contribution in [3.8, 4) is 5.75 Å². The van der Waals surface area contributed by atoms with E-state index in [9.17, 15) is 5.11 Å². The molecule has 20 heavy (non-hydrogen) atoms. The zero-order valence-electron chi connectivity index (χ0n) is 13.8. The van der Waals surface area contributed by atoms with Gasteiger partial charge in [-0.3, -0.25) is 4.90 Å². The van der Waals surface area contributed by atoms with Crippen molar-refractivity contribution >= 4 is 0 Å². The maximum atomic E-state index is 10.2. The van der Waals surface area contributed by atoms with Gasteiger partial charge in [-0.05, 0) is 31.2 Å². The van der Waals surface area contributed by atoms with Crippen molar-refractivity contribution in [1.29, 1.82) is 0 Å². The molecule has 1 aromatic carbocycles. The minimum Gasteiger partial charge on any atom is -0.508 e. The summed E-state index contributed by atoms with van der Waals surface area (Å²) in [5.41, 5.74) is 1.07. The van der Waals surface area contributed by atoms with Crippen LogP contribution in [0, 0.1) is 5.92 Å². The van der Waals surface area contributed by atoms with Gasteiger partial charge < -0.3 is 5.11 Å². The number of hydrogen-bond acceptors (Lipinski definition) is 2. The van der Waals surface area contributed by atoms with Gasteiger partial charge in [0.25, 0.3) is 0 Å². The number of phenolic OH excluding ortho intramolecular Hbond substituents is 1. The molecule has 1 aromatic rings. The van der Waals surface area contributed by atoms with Gasteiger partial charge in [0.05, 0.1) is 0 Å². The Morgan fingerprint density at radius 1 is 1.00 bits per heavy atom. The van der Waals surface area contributed by atoms with Crippen molar-refractivity contribution in [2.75, 3.05) is 6.54 Å². The van der Waals surface area contributed by atoms with E-state index in [1.807, 2.05) is 12.1 Å². The van der Waals surface area contributed by atoms with Crippen molar-refractivity contribution in [1.82, 2.24) is 4.90 Å². The normalized spacial score (nSPS) is 13.4. The lowest BCUT2D eigenvalue weighted by Gasteiger charge is -2.39. The molecule has 0 amide bonds. The summed E-state index contributed by atoms with van der Waals surface area (Å²) in [4.78, 5) is 2.60. The molecule has 0 aromatic heterocycles. The van der Waals surface area contributed by atoms with Crippen molar-refractivity contribution < 1.29 is 5.11 Å². The average Bonchev–Trinajstić information content (AvgIpc) is 2.42. The predicted molar refractivity (Wildman–Crippen MR) is 87.1 cm³/mol. The van der Waals surface area contributed by atoms with Crippen molar-refractivity contribution in [2.24, 2.45) is 5.92 Å². The first-order valence-electron chi connectivity index (χ1n) is 8.08. The predicted octanol–water partition coefficient (Wildman–Crippen LogP) is 4.99. The Morgan fingerprint density at radius 3 is 2.05 bits per heavy atom. The van der Waals surface area contributed by atoms with Crippen LogP contribution in [0.5, 0.6) is 5.75 Å². The molecule has 1 atom stereocenters. The Labute approximate surface area is 124 Å². The first-order valence-corrected chi connectivity index (χ1v) is 8.08. The summed E-state index contributed by atoms with van der Waals surface area (Å²) in [7, 11) is 0. The van der Waals surface area contributed by atoms with Gasteiger partial charge in [0.1, 0.15) is 5.75 Å². The molecule has 0 bridgehead atoms. The molecule has 0 spiro atoms. The summed E-state index contributed by atoms with van der Waals surface area (Å²) in [5, 5.41) is 10.2. The van der Waals surface area contributed by atoms with Crippen molar-refractivity contribution in [3.05, 3.63) is 29.8 Å². The van der Waals surface area contributed by atoms with E-state index >= 15 is 0 Å². The third kappa shape index (κ3) is 4.24. The maximum absolute atomic E-state index is 10.2. The highest BCUT2D eigenvalue weighted by Gasteiger charge is 2.26. The molecule has 0 aliphatic heterocycles. The molecule has 0 saturated carbocycles. The number of hydrogen-bond donors (Lipinski definition) is 1. The molecule has 114 valence electrons. The van der Waals surface area contributed by atoms with E-state index in [-0.39, 0.29) is 0 Å². The SMILES string of the molecule is CCC(CC)N(CC(C)C)C(CC)c1ccccc1O. The second-order valence-electron chi connectivity index (χ2n) is 6.04. The van der Waals surface area contributed by atoms with Crippen LogP contribution in [0.4, 0.5) is 0 Å². The Morgan fingerprint density at radius 2 is 1.60 bits per heavy atom. The lowest BCUT2D eigenvalue weighted by Crippen LogP contribution is -2.40. The van der Waals surface area contributed by atoms with E-state index in [0.29, 0.717) is 23.8 Å². The Bertz CT molecular complexity index is 385. The summed E-state index contributed by atoms with van der Waals surface area (Å²) in [6.07, 6.45) is 3.35. The lowest BCUT2D eigenvalue weighted by atomic mass is 9.96. The van der Waals surface area contributed by atoms with E-state index < -0.39 is 0 Å². The molecule has 1 rings (SSSR count). The molecule has 0 aliphatic rings. The quantitative estimate of drug-likeness (QED) is 0.723. The van der Waals surface area contributed by atoms with E-state index in [1.54, 1.807) is 6.07 Å². The van der Waals surface area contributed by atoms with E-state index in [4.69, 9.17) is 0 Å². The monoisotopic (exact) mass is 277 g/mol. The van der Waals surface area contributed by atoms with Crippen LogP contribution < -0.4 is 0 Å². The minimum absolute atomic E-state index is 0.309. The van der Waals surface area contributed by atoms with Crippen LogP contribution in [-0.2, 0) is 0 Å². The minimum atomic E-state index is 0.309. The molecule has 2 heteroatoms. The van der Waals surface area contributed by atoms with Gasteiger partial charge in [-0.2, -0.15) is 0 Å². The zero-order chi connectivity index (χ0) is 15.1. The fraction of sp³-hybridized carbons (Fsp3) is 0.667. The van der Waals surface area contributed by atoms with Gasteiger partial charge in [-0.1, -0.05) is 52.8 Å². The maximum Gasteiger partial charge on any atom is 0.120 e. The van der Waals surface area contributed by atoms with Crippen LogP contribution in [0.2, 0.25) is 0 Å². The standard InChI is InChI=1S/C18H31NO/c1-6-15(7-2)19(13-14(4)5)17(8-3)16-11-9-10-12-18(16)20/h9-12,14-15,17,20H,6-8,13H2,1-5H3. The van der Waals surface area contributed by atoms with Crippen LogP contribution in [0.15, 0.2) is 24.3 Å². The largest absolute Gasteiger partial charge is 0.508 e. The molecule has 0 saturated heterocycles. The highest BCUT2D eigenvalue weighted by atomic mass is 16.3. The number of aromatic hydroxyl groups is 1. The van der Waals surface area contributed by atoms with E-state index in [0.717, 1.165) is 31.4 Å². The number of phenols is 1. The van der Waals surface area contributed by atoms with Crippen LogP contribution in [0.1, 0.15) is 65.5 Å². The molecule has 1 N–H and O–H groups in total. The Kier molecular flexibility index (Phi) is 7.08. The molecule has 2 nitrogen and oxygen atoms in total. The number of nitrogens with zero attached hydrogens (tertiary/aromatic N) is 1. The van der Waals surface area contributed by atoms with E-state index in [1.165, 1.54) is 0 Å². The van der Waals surface area contributed by atoms with Gasteiger partial charge >= 0.3 is 0 Å². The highest BCUT2D eigenvalue weighted by Crippen LogP contribution is 2.34. The first-order chi connectivity index (χ1) is 9.54. The van der Waals surface area contributed by atoms with Crippen LogP contribution >= 0.6 is 0 Å². The van der Waals surface area contributed by atoms with Crippen molar-refractivity contribution in [3.63, 3.8) is 0 Å². The summed E-state index contributed by atoms with van der Waals surface area (Å²) in [6.45, 7) is 12.4.